The number of carbonyl (C=O) groups is 2. The maximum Gasteiger partial charge on any atom is 0.234 e. The summed E-state index contributed by atoms with van der Waals surface area (Å²) < 4.78 is 12.9. The van der Waals surface area contributed by atoms with E-state index in [0.29, 0.717) is 6.54 Å². The molecule has 0 unspecified atom stereocenters. The highest BCUT2D eigenvalue weighted by Gasteiger charge is 2.15. The van der Waals surface area contributed by atoms with E-state index in [9.17, 15) is 14.0 Å². The molecule has 0 aliphatic carbocycles. The van der Waals surface area contributed by atoms with Crippen LogP contribution in [0.2, 0.25) is 0 Å². The Hall–Kier alpha value is -1.95. The van der Waals surface area contributed by atoms with Gasteiger partial charge >= 0.3 is 0 Å². The Kier molecular flexibility index (Phi) is 7.52. The van der Waals surface area contributed by atoms with E-state index in [1.807, 2.05) is 13.8 Å². The molecule has 0 saturated carbocycles. The van der Waals surface area contributed by atoms with E-state index in [-0.39, 0.29) is 30.9 Å². The Bertz CT molecular complexity index is 491. The fourth-order valence-corrected chi connectivity index (χ4v) is 2.14. The molecule has 3 N–H and O–H groups in total. The van der Waals surface area contributed by atoms with Crippen molar-refractivity contribution in [2.75, 3.05) is 19.6 Å². The van der Waals surface area contributed by atoms with Crippen molar-refractivity contribution in [3.63, 3.8) is 0 Å². The zero-order valence-corrected chi connectivity index (χ0v) is 13.1. The monoisotopic (exact) mass is 309 g/mol. The lowest BCUT2D eigenvalue weighted by atomic mass is 10.1. The van der Waals surface area contributed by atoms with Gasteiger partial charge in [-0.1, -0.05) is 25.5 Å². The molecule has 0 aliphatic heterocycles. The van der Waals surface area contributed by atoms with Gasteiger partial charge in [-0.05, 0) is 37.6 Å². The minimum absolute atomic E-state index is 0.0678. The molecule has 1 aromatic carbocycles. The zero-order valence-electron chi connectivity index (χ0n) is 13.1. The lowest BCUT2D eigenvalue weighted by Crippen LogP contribution is -2.42. The van der Waals surface area contributed by atoms with Crippen LogP contribution in [0, 0.1) is 5.82 Å². The van der Waals surface area contributed by atoms with Gasteiger partial charge in [-0.3, -0.25) is 14.5 Å². The van der Waals surface area contributed by atoms with Gasteiger partial charge in [-0.15, -0.1) is 0 Å². The molecule has 0 radical (unpaired) electrons. The van der Waals surface area contributed by atoms with Crippen LogP contribution in [0.3, 0.4) is 0 Å². The van der Waals surface area contributed by atoms with Crippen LogP contribution in [-0.2, 0) is 9.59 Å². The molecular formula is C16H24FN3O2. The van der Waals surface area contributed by atoms with E-state index < -0.39 is 5.91 Å². The number of hydrogen-bond acceptors (Lipinski definition) is 3. The van der Waals surface area contributed by atoms with Gasteiger partial charge in [-0.25, -0.2) is 4.39 Å². The third-order valence-corrected chi connectivity index (χ3v) is 3.32. The first-order valence-corrected chi connectivity index (χ1v) is 7.47. The third-order valence-electron chi connectivity index (χ3n) is 3.32. The fraction of sp³-hybridized carbons (Fsp3) is 0.500. The molecule has 1 atom stereocenters. The summed E-state index contributed by atoms with van der Waals surface area (Å²) in [6.45, 7) is 4.71. The predicted molar refractivity (Wildman–Crippen MR) is 83.5 cm³/mol. The van der Waals surface area contributed by atoms with E-state index in [4.69, 9.17) is 5.73 Å². The maximum absolute atomic E-state index is 12.9. The van der Waals surface area contributed by atoms with Crippen molar-refractivity contribution in [3.8, 4) is 0 Å². The number of benzene rings is 1. The molecule has 0 spiro atoms. The van der Waals surface area contributed by atoms with Crippen molar-refractivity contribution in [1.82, 2.24) is 10.2 Å². The molecule has 0 heterocycles. The molecule has 0 saturated heterocycles. The van der Waals surface area contributed by atoms with Crippen LogP contribution >= 0.6 is 0 Å². The summed E-state index contributed by atoms with van der Waals surface area (Å²) in [4.78, 5) is 24.8. The molecule has 1 rings (SSSR count). The fourth-order valence-electron chi connectivity index (χ4n) is 2.14. The van der Waals surface area contributed by atoms with Gasteiger partial charge in [0.15, 0.2) is 0 Å². The van der Waals surface area contributed by atoms with E-state index in [1.54, 1.807) is 17.0 Å². The minimum Gasteiger partial charge on any atom is -0.369 e. The van der Waals surface area contributed by atoms with Crippen LogP contribution in [-0.4, -0.2) is 36.3 Å². The van der Waals surface area contributed by atoms with E-state index in [0.717, 1.165) is 18.4 Å². The zero-order chi connectivity index (χ0) is 16.5. The van der Waals surface area contributed by atoms with Crippen molar-refractivity contribution < 1.29 is 14.0 Å². The summed E-state index contributed by atoms with van der Waals surface area (Å²) in [5.74, 6) is -0.945. The molecule has 0 aromatic heterocycles. The van der Waals surface area contributed by atoms with Crippen molar-refractivity contribution in [2.24, 2.45) is 5.73 Å². The topological polar surface area (TPSA) is 75.4 Å². The summed E-state index contributed by atoms with van der Waals surface area (Å²) in [7, 11) is 0. The van der Waals surface area contributed by atoms with Crippen molar-refractivity contribution in [2.45, 2.75) is 32.7 Å². The molecule has 6 heteroatoms. The number of rotatable bonds is 9. The van der Waals surface area contributed by atoms with E-state index in [2.05, 4.69) is 5.32 Å². The van der Waals surface area contributed by atoms with Gasteiger partial charge in [0.1, 0.15) is 5.82 Å². The highest BCUT2D eigenvalue weighted by Crippen LogP contribution is 2.12. The number of nitrogens with zero attached hydrogens (tertiary/aromatic N) is 1. The highest BCUT2D eigenvalue weighted by atomic mass is 19.1. The lowest BCUT2D eigenvalue weighted by molar-refractivity contribution is -0.124. The standard InChI is InChI=1S/C16H24FN3O2/c1-3-4-9-20(10-15(18)21)11-16(22)19-12(2)13-5-7-14(17)8-6-13/h5-8,12H,3-4,9-11H2,1-2H3,(H2,18,21)(H,19,22)/t12-/m0/s1. The first-order chi connectivity index (χ1) is 10.4. The van der Waals surface area contributed by atoms with Crippen LogP contribution in [0.5, 0.6) is 0 Å². The van der Waals surface area contributed by atoms with Gasteiger partial charge in [0.2, 0.25) is 11.8 Å². The molecule has 122 valence electrons. The lowest BCUT2D eigenvalue weighted by Gasteiger charge is -2.21. The van der Waals surface area contributed by atoms with Gasteiger partial charge < -0.3 is 11.1 Å². The van der Waals surface area contributed by atoms with Crippen LogP contribution in [0.25, 0.3) is 0 Å². The average Bonchev–Trinajstić information content (AvgIpc) is 2.44. The number of halogens is 1. The number of nitrogens with one attached hydrogen (secondary N) is 1. The van der Waals surface area contributed by atoms with Crippen molar-refractivity contribution in [3.05, 3.63) is 35.6 Å². The molecule has 22 heavy (non-hydrogen) atoms. The first-order valence-electron chi connectivity index (χ1n) is 7.47. The molecule has 0 fully saturated rings. The minimum atomic E-state index is -0.449. The smallest absolute Gasteiger partial charge is 0.234 e. The van der Waals surface area contributed by atoms with E-state index >= 15 is 0 Å². The highest BCUT2D eigenvalue weighted by molar-refractivity contribution is 5.80. The number of primary amides is 1. The summed E-state index contributed by atoms with van der Waals surface area (Å²) >= 11 is 0. The Balaban J connectivity index is 2.54. The predicted octanol–water partition coefficient (Wildman–Crippen LogP) is 1.59. The van der Waals surface area contributed by atoms with Crippen LogP contribution in [0.4, 0.5) is 4.39 Å². The summed E-state index contributed by atoms with van der Waals surface area (Å²) in [6.07, 6.45) is 1.87. The largest absolute Gasteiger partial charge is 0.369 e. The number of unbranched alkanes of at least 4 members (excludes halogenated alkanes) is 1. The average molecular weight is 309 g/mol. The van der Waals surface area contributed by atoms with E-state index in [1.165, 1.54) is 12.1 Å². The van der Waals surface area contributed by atoms with Gasteiger partial charge in [-0.2, -0.15) is 0 Å². The maximum atomic E-state index is 12.9. The van der Waals surface area contributed by atoms with Gasteiger partial charge in [0.05, 0.1) is 19.1 Å². The number of nitrogens with two attached hydrogens (primary N) is 1. The quantitative estimate of drug-likeness (QED) is 0.727. The van der Waals surface area contributed by atoms with Crippen LogP contribution < -0.4 is 11.1 Å². The van der Waals surface area contributed by atoms with Crippen molar-refractivity contribution >= 4 is 11.8 Å². The number of amides is 2. The summed E-state index contributed by atoms with van der Waals surface area (Å²) in [6, 6.07) is 5.77. The van der Waals surface area contributed by atoms with Crippen LogP contribution in [0.1, 0.15) is 38.3 Å². The molecule has 5 nitrogen and oxygen atoms in total. The Labute approximate surface area is 130 Å². The summed E-state index contributed by atoms with van der Waals surface area (Å²) in [5, 5.41) is 2.84. The molecular weight excluding hydrogens is 285 g/mol. The second kappa shape index (κ2) is 9.15. The van der Waals surface area contributed by atoms with Crippen LogP contribution in [0.15, 0.2) is 24.3 Å². The first kappa shape index (κ1) is 18.1. The Morgan fingerprint density at radius 1 is 1.27 bits per heavy atom. The van der Waals surface area contributed by atoms with Gasteiger partial charge in [0.25, 0.3) is 0 Å². The van der Waals surface area contributed by atoms with Crippen molar-refractivity contribution in [1.29, 1.82) is 0 Å². The second-order valence-electron chi connectivity index (χ2n) is 5.37. The number of carbonyl (C=O) groups excluding carboxylic acids is 2. The molecule has 0 aliphatic rings. The normalized spacial score (nSPS) is 12.2. The summed E-state index contributed by atoms with van der Waals surface area (Å²) in [5.41, 5.74) is 6.02. The second-order valence-corrected chi connectivity index (χ2v) is 5.37. The number of hydrogen-bond donors (Lipinski definition) is 2. The SMILES string of the molecule is CCCCN(CC(N)=O)CC(=O)N[C@@H](C)c1ccc(F)cc1. The third kappa shape index (κ3) is 6.67. The van der Waals surface area contributed by atoms with Gasteiger partial charge in [0, 0.05) is 0 Å². The molecule has 1 aromatic rings. The molecule has 2 amide bonds. The Morgan fingerprint density at radius 2 is 1.91 bits per heavy atom. The Morgan fingerprint density at radius 3 is 2.45 bits per heavy atom. The molecule has 0 bridgehead atoms.